The van der Waals surface area contributed by atoms with Gasteiger partial charge in [0.05, 0.1) is 5.69 Å². The monoisotopic (exact) mass is 278 g/mol. The van der Waals surface area contributed by atoms with E-state index >= 15 is 0 Å². The molecule has 0 aliphatic carbocycles. The summed E-state index contributed by atoms with van der Waals surface area (Å²) < 4.78 is 5.52. The van der Waals surface area contributed by atoms with Crippen LogP contribution < -0.4 is 0 Å². The van der Waals surface area contributed by atoms with Crippen LogP contribution in [-0.4, -0.2) is 28.4 Å². The van der Waals surface area contributed by atoms with Crippen LogP contribution in [0.15, 0.2) is 4.42 Å². The number of carbonyl (C=O) groups is 1. The third-order valence-electron chi connectivity index (χ3n) is 4.35. The lowest BCUT2D eigenvalue weighted by molar-refractivity contribution is 0.0596. The Morgan fingerprint density at radius 3 is 2.55 bits per heavy atom. The van der Waals surface area contributed by atoms with Gasteiger partial charge in [-0.05, 0) is 38.0 Å². The van der Waals surface area contributed by atoms with Crippen LogP contribution in [0, 0.1) is 25.7 Å². The molecule has 4 nitrogen and oxygen atoms in total. The first-order valence-electron chi connectivity index (χ1n) is 7.65. The molecule has 1 aromatic heterocycles. The molecule has 0 bridgehead atoms. The number of aromatic nitrogens is 1. The van der Waals surface area contributed by atoms with Gasteiger partial charge in [0.15, 0.2) is 5.89 Å². The van der Waals surface area contributed by atoms with Crippen molar-refractivity contribution in [2.24, 2.45) is 11.8 Å². The Kier molecular flexibility index (Phi) is 4.51. The third-order valence-corrected chi connectivity index (χ3v) is 4.35. The van der Waals surface area contributed by atoms with Crippen LogP contribution in [0.1, 0.15) is 62.2 Å². The summed E-state index contributed by atoms with van der Waals surface area (Å²) in [6.45, 7) is 11.1. The summed E-state index contributed by atoms with van der Waals surface area (Å²) >= 11 is 0. The van der Waals surface area contributed by atoms with E-state index in [0.29, 0.717) is 35.2 Å². The maximum Gasteiger partial charge on any atom is 0.291 e. The Hall–Kier alpha value is -1.32. The van der Waals surface area contributed by atoms with Gasteiger partial charge in [-0.15, -0.1) is 0 Å². The number of aryl methyl sites for hydroxylation is 2. The Labute approximate surface area is 121 Å². The van der Waals surface area contributed by atoms with Crippen LogP contribution in [0.25, 0.3) is 0 Å². The zero-order chi connectivity index (χ0) is 14.9. The summed E-state index contributed by atoms with van der Waals surface area (Å²) in [6.07, 6.45) is 3.35. The predicted molar refractivity (Wildman–Crippen MR) is 78.7 cm³/mol. The maximum atomic E-state index is 12.8. The lowest BCUT2D eigenvalue weighted by atomic mass is 9.95. The molecule has 1 aromatic rings. The number of rotatable bonds is 2. The smallest absolute Gasteiger partial charge is 0.291 e. The molecule has 1 aliphatic rings. The molecule has 1 saturated heterocycles. The van der Waals surface area contributed by atoms with Gasteiger partial charge in [0.2, 0.25) is 5.76 Å². The molecule has 0 radical (unpaired) electrons. The number of nitrogens with zero attached hydrogens (tertiary/aromatic N) is 2. The summed E-state index contributed by atoms with van der Waals surface area (Å²) in [4.78, 5) is 19.0. The Balaban J connectivity index is 2.26. The van der Waals surface area contributed by atoms with E-state index in [4.69, 9.17) is 4.42 Å². The highest BCUT2D eigenvalue weighted by Gasteiger charge is 2.32. The minimum atomic E-state index is 0.0101. The van der Waals surface area contributed by atoms with E-state index in [2.05, 4.69) is 25.8 Å². The zero-order valence-corrected chi connectivity index (χ0v) is 13.3. The molecule has 0 saturated carbocycles. The highest BCUT2D eigenvalue weighted by Crippen LogP contribution is 2.28. The van der Waals surface area contributed by atoms with E-state index in [0.717, 1.165) is 19.4 Å². The van der Waals surface area contributed by atoms with Gasteiger partial charge in [0.1, 0.15) is 0 Å². The number of amides is 1. The average Bonchev–Trinajstić information content (AvgIpc) is 2.59. The molecule has 2 atom stereocenters. The molecule has 2 heterocycles. The summed E-state index contributed by atoms with van der Waals surface area (Å²) in [6, 6.07) is 0.303. The number of hydrogen-bond donors (Lipinski definition) is 0. The number of likely N-dealkylation sites (tertiary alicyclic amines) is 1. The molecule has 0 aromatic carbocycles. The van der Waals surface area contributed by atoms with Crippen LogP contribution in [0.4, 0.5) is 0 Å². The van der Waals surface area contributed by atoms with Crippen LogP contribution in [0.5, 0.6) is 0 Å². The van der Waals surface area contributed by atoms with Crippen molar-refractivity contribution in [1.29, 1.82) is 0 Å². The minimum Gasteiger partial charge on any atom is -0.436 e. The van der Waals surface area contributed by atoms with E-state index in [9.17, 15) is 4.79 Å². The summed E-state index contributed by atoms with van der Waals surface area (Å²) in [5.41, 5.74) is 0.701. The van der Waals surface area contributed by atoms with Crippen molar-refractivity contribution in [3.63, 3.8) is 0 Å². The van der Waals surface area contributed by atoms with Crippen LogP contribution in [0.3, 0.4) is 0 Å². The van der Waals surface area contributed by atoms with Gasteiger partial charge in [0.25, 0.3) is 5.91 Å². The van der Waals surface area contributed by atoms with Gasteiger partial charge in [-0.1, -0.05) is 20.8 Å². The highest BCUT2D eigenvalue weighted by molar-refractivity contribution is 5.92. The molecule has 4 heteroatoms. The van der Waals surface area contributed by atoms with Crippen molar-refractivity contribution in [2.45, 2.75) is 59.9 Å². The number of hydrogen-bond acceptors (Lipinski definition) is 3. The van der Waals surface area contributed by atoms with Crippen LogP contribution >= 0.6 is 0 Å². The fraction of sp³-hybridized carbons (Fsp3) is 0.750. The molecular formula is C16H26N2O2. The second-order valence-electron chi connectivity index (χ2n) is 6.43. The van der Waals surface area contributed by atoms with Gasteiger partial charge in [-0.3, -0.25) is 4.79 Å². The largest absolute Gasteiger partial charge is 0.436 e. The van der Waals surface area contributed by atoms with Gasteiger partial charge in [-0.2, -0.15) is 0 Å². The second-order valence-corrected chi connectivity index (χ2v) is 6.43. The van der Waals surface area contributed by atoms with E-state index in [1.807, 2.05) is 11.8 Å². The molecule has 2 rings (SSSR count). The standard InChI is InChI=1S/C16H26N2O2/c1-10(2)14-7-6-11(3)8-9-18(14)16(19)15-12(4)17-13(5)20-15/h10-11,14H,6-9H2,1-5H3/t11-,14-/m1/s1. The lowest BCUT2D eigenvalue weighted by Crippen LogP contribution is -2.43. The molecule has 20 heavy (non-hydrogen) atoms. The Morgan fingerprint density at radius 2 is 2.00 bits per heavy atom. The molecule has 1 fully saturated rings. The quantitative estimate of drug-likeness (QED) is 0.830. The Morgan fingerprint density at radius 1 is 1.30 bits per heavy atom. The van der Waals surface area contributed by atoms with Crippen LogP contribution in [-0.2, 0) is 0 Å². The van der Waals surface area contributed by atoms with Gasteiger partial charge < -0.3 is 9.32 Å². The van der Waals surface area contributed by atoms with E-state index in [-0.39, 0.29) is 5.91 Å². The first kappa shape index (κ1) is 15.1. The van der Waals surface area contributed by atoms with Gasteiger partial charge in [0, 0.05) is 19.5 Å². The fourth-order valence-electron chi connectivity index (χ4n) is 3.09. The van der Waals surface area contributed by atoms with Crippen molar-refractivity contribution < 1.29 is 9.21 Å². The van der Waals surface area contributed by atoms with Gasteiger partial charge >= 0.3 is 0 Å². The second kappa shape index (κ2) is 5.98. The molecule has 0 spiro atoms. The molecular weight excluding hydrogens is 252 g/mol. The number of carbonyl (C=O) groups excluding carboxylic acids is 1. The van der Waals surface area contributed by atoms with Crippen molar-refractivity contribution >= 4 is 5.91 Å². The van der Waals surface area contributed by atoms with Crippen molar-refractivity contribution in [3.8, 4) is 0 Å². The third kappa shape index (κ3) is 3.05. The van der Waals surface area contributed by atoms with E-state index in [1.165, 1.54) is 6.42 Å². The van der Waals surface area contributed by atoms with Crippen molar-refractivity contribution in [1.82, 2.24) is 9.88 Å². The fourth-order valence-corrected chi connectivity index (χ4v) is 3.09. The normalized spacial score (nSPS) is 24.0. The number of oxazole rings is 1. The first-order chi connectivity index (χ1) is 9.40. The van der Waals surface area contributed by atoms with E-state index < -0.39 is 0 Å². The SMILES string of the molecule is Cc1nc(C)c(C(=O)N2CC[C@H](C)CC[C@@H]2C(C)C)o1. The molecule has 112 valence electrons. The zero-order valence-electron chi connectivity index (χ0n) is 13.3. The molecule has 1 aliphatic heterocycles. The molecule has 0 N–H and O–H groups in total. The van der Waals surface area contributed by atoms with Crippen LogP contribution in [0.2, 0.25) is 0 Å². The lowest BCUT2D eigenvalue weighted by Gasteiger charge is -2.32. The van der Waals surface area contributed by atoms with E-state index in [1.54, 1.807) is 6.92 Å². The minimum absolute atomic E-state index is 0.0101. The van der Waals surface area contributed by atoms with Gasteiger partial charge in [-0.25, -0.2) is 4.98 Å². The summed E-state index contributed by atoms with van der Waals surface area (Å²) in [5.74, 6) is 2.15. The average molecular weight is 278 g/mol. The predicted octanol–water partition coefficient (Wildman–Crippen LogP) is 3.58. The molecule has 1 amide bonds. The Bertz CT molecular complexity index is 479. The van der Waals surface area contributed by atoms with Crippen molar-refractivity contribution in [2.75, 3.05) is 6.54 Å². The molecule has 0 unspecified atom stereocenters. The topological polar surface area (TPSA) is 46.3 Å². The first-order valence-corrected chi connectivity index (χ1v) is 7.65. The summed E-state index contributed by atoms with van der Waals surface area (Å²) in [7, 11) is 0. The highest BCUT2D eigenvalue weighted by atomic mass is 16.4. The summed E-state index contributed by atoms with van der Waals surface area (Å²) in [5, 5.41) is 0. The van der Waals surface area contributed by atoms with Crippen molar-refractivity contribution in [3.05, 3.63) is 17.3 Å². The maximum absolute atomic E-state index is 12.8.